The number of carbonyl (C=O) groups excluding carboxylic acids is 1. The van der Waals surface area contributed by atoms with E-state index in [4.69, 9.17) is 9.47 Å². The molecule has 1 N–H and O–H groups in total. The minimum atomic E-state index is -0.663. The molecule has 38 heavy (non-hydrogen) atoms. The van der Waals surface area contributed by atoms with Crippen LogP contribution < -0.4 is 15.0 Å². The van der Waals surface area contributed by atoms with Gasteiger partial charge in [-0.2, -0.15) is 5.26 Å². The minimum Gasteiger partial charge on any atom is -0.473 e. The number of rotatable bonds is 9. The quantitative estimate of drug-likeness (QED) is 0.324. The maximum atomic E-state index is 13.3. The molecule has 0 saturated carbocycles. The first-order valence-corrected chi connectivity index (χ1v) is 12.9. The van der Waals surface area contributed by atoms with Gasteiger partial charge in [-0.1, -0.05) is 30.4 Å². The smallest absolute Gasteiger partial charge is 0.255 e. The standard InChI is InChI=1S/C31H38N4O3/c1-8-23(29(36)34-26-11-9-10-25(18-26)31(6,7)20-32)16-27(21(2)3)24-17-28(35-12-14-37-15-13-35)30(33-19-24)38-22(4)5/h8-11,16-19,22H,1,12-15H2,2-7H3,(H,34,36). The van der Waals surface area contributed by atoms with Gasteiger partial charge in [0, 0.05) is 36.1 Å². The summed E-state index contributed by atoms with van der Waals surface area (Å²) < 4.78 is 11.6. The molecular formula is C31H38N4O3. The van der Waals surface area contributed by atoms with Crippen molar-refractivity contribution < 1.29 is 14.3 Å². The lowest BCUT2D eigenvalue weighted by Gasteiger charge is -2.30. The number of hydrogen-bond acceptors (Lipinski definition) is 6. The van der Waals surface area contributed by atoms with Crippen LogP contribution >= 0.6 is 0 Å². The molecule has 1 fully saturated rings. The summed E-state index contributed by atoms with van der Waals surface area (Å²) in [4.78, 5) is 20.1. The Morgan fingerprint density at radius 1 is 1.26 bits per heavy atom. The first-order valence-electron chi connectivity index (χ1n) is 12.9. The van der Waals surface area contributed by atoms with E-state index in [-0.39, 0.29) is 12.0 Å². The number of ether oxygens (including phenoxy) is 2. The lowest BCUT2D eigenvalue weighted by Crippen LogP contribution is -2.36. The van der Waals surface area contributed by atoms with E-state index in [1.165, 1.54) is 0 Å². The van der Waals surface area contributed by atoms with Crippen LogP contribution in [0.3, 0.4) is 0 Å². The van der Waals surface area contributed by atoms with Crippen molar-refractivity contribution >= 4 is 22.9 Å². The van der Waals surface area contributed by atoms with Crippen LogP contribution in [0.25, 0.3) is 5.57 Å². The molecule has 0 radical (unpaired) electrons. The molecule has 3 rings (SSSR count). The van der Waals surface area contributed by atoms with Crippen LogP contribution in [-0.2, 0) is 14.9 Å². The average Bonchev–Trinajstić information content (AvgIpc) is 2.89. The van der Waals surface area contributed by atoms with E-state index >= 15 is 0 Å². The van der Waals surface area contributed by atoms with Crippen molar-refractivity contribution in [3.8, 4) is 11.9 Å². The van der Waals surface area contributed by atoms with E-state index in [0.717, 1.165) is 41.1 Å². The van der Waals surface area contributed by atoms with Crippen molar-refractivity contribution in [3.05, 3.63) is 77.5 Å². The number of carbonyl (C=O) groups is 1. The third-order valence-corrected chi connectivity index (χ3v) is 6.28. The van der Waals surface area contributed by atoms with Crippen LogP contribution in [0.1, 0.15) is 52.7 Å². The Morgan fingerprint density at radius 2 is 1.97 bits per heavy atom. The van der Waals surface area contributed by atoms with Crippen molar-refractivity contribution in [2.24, 2.45) is 0 Å². The molecule has 200 valence electrons. The van der Waals surface area contributed by atoms with Crippen molar-refractivity contribution in [2.75, 3.05) is 36.5 Å². The highest BCUT2D eigenvalue weighted by atomic mass is 16.5. The molecule has 2 heterocycles. The average molecular weight is 515 g/mol. The highest BCUT2D eigenvalue weighted by molar-refractivity contribution is 6.07. The zero-order chi connectivity index (χ0) is 27.9. The van der Waals surface area contributed by atoms with Gasteiger partial charge in [-0.05, 0) is 77.0 Å². The van der Waals surface area contributed by atoms with Crippen LogP contribution in [0.2, 0.25) is 0 Å². The number of nitrogens with zero attached hydrogens (tertiary/aromatic N) is 3. The summed E-state index contributed by atoms with van der Waals surface area (Å²) >= 11 is 0. The molecule has 0 aliphatic carbocycles. The van der Waals surface area contributed by atoms with Gasteiger partial charge in [0.2, 0.25) is 5.88 Å². The predicted molar refractivity (Wildman–Crippen MR) is 153 cm³/mol. The molecule has 1 saturated heterocycles. The second-order valence-electron chi connectivity index (χ2n) is 10.3. The molecule has 1 amide bonds. The summed E-state index contributed by atoms with van der Waals surface area (Å²) in [6.07, 6.45) is 5.16. The first kappa shape index (κ1) is 28.7. The van der Waals surface area contributed by atoms with Gasteiger partial charge in [0.25, 0.3) is 5.91 Å². The number of nitriles is 1. The third kappa shape index (κ3) is 7.11. The Bertz CT molecular complexity index is 1270. The van der Waals surface area contributed by atoms with E-state index in [1.807, 2.05) is 71.9 Å². The molecule has 7 heteroatoms. The lowest BCUT2D eigenvalue weighted by molar-refractivity contribution is -0.112. The summed E-state index contributed by atoms with van der Waals surface area (Å²) in [5.74, 6) is 0.302. The van der Waals surface area contributed by atoms with Gasteiger partial charge in [-0.3, -0.25) is 4.79 Å². The number of pyridine rings is 1. The monoisotopic (exact) mass is 514 g/mol. The Labute approximate surface area is 226 Å². The Kier molecular flexibility index (Phi) is 9.49. The van der Waals surface area contributed by atoms with Crippen LogP contribution in [-0.4, -0.2) is 43.3 Å². The first-order chi connectivity index (χ1) is 18.1. The van der Waals surface area contributed by atoms with E-state index in [9.17, 15) is 10.1 Å². The van der Waals surface area contributed by atoms with Crippen molar-refractivity contribution in [1.29, 1.82) is 5.26 Å². The molecule has 0 spiro atoms. The van der Waals surface area contributed by atoms with Crippen LogP contribution in [0.4, 0.5) is 11.4 Å². The van der Waals surface area contributed by atoms with E-state index < -0.39 is 5.41 Å². The highest BCUT2D eigenvalue weighted by Crippen LogP contribution is 2.33. The van der Waals surface area contributed by atoms with Gasteiger partial charge in [0.15, 0.2) is 0 Å². The van der Waals surface area contributed by atoms with Crippen molar-refractivity contribution in [3.63, 3.8) is 0 Å². The van der Waals surface area contributed by atoms with Gasteiger partial charge in [0.1, 0.15) is 5.69 Å². The SMILES string of the molecule is C=CC(=CC(=C(C)C)c1cnc(OC(C)C)c(N2CCOCC2)c1)C(=O)Nc1cccc(C(C)(C)C#N)c1. The van der Waals surface area contributed by atoms with Crippen LogP contribution in [0.5, 0.6) is 5.88 Å². The fraction of sp³-hybridized carbons (Fsp3) is 0.387. The molecule has 0 atom stereocenters. The maximum absolute atomic E-state index is 13.3. The van der Waals surface area contributed by atoms with Gasteiger partial charge in [-0.25, -0.2) is 4.98 Å². The van der Waals surface area contributed by atoms with E-state index in [1.54, 1.807) is 12.3 Å². The molecule has 1 aromatic heterocycles. The zero-order valence-corrected chi connectivity index (χ0v) is 23.3. The van der Waals surface area contributed by atoms with E-state index in [0.29, 0.717) is 30.4 Å². The van der Waals surface area contributed by atoms with Crippen LogP contribution in [0.15, 0.2) is 66.4 Å². The maximum Gasteiger partial charge on any atom is 0.255 e. The summed E-state index contributed by atoms with van der Waals surface area (Å²) in [6, 6.07) is 11.7. The number of morpholine rings is 1. The Hall–Kier alpha value is -3.89. The molecule has 0 bridgehead atoms. The fourth-order valence-corrected chi connectivity index (χ4v) is 4.08. The second-order valence-corrected chi connectivity index (χ2v) is 10.3. The minimum absolute atomic E-state index is 0.00994. The predicted octanol–water partition coefficient (Wildman–Crippen LogP) is 6.05. The molecule has 1 aliphatic heterocycles. The number of anilines is 2. The Morgan fingerprint density at radius 3 is 2.58 bits per heavy atom. The van der Waals surface area contributed by atoms with Crippen LogP contribution in [0, 0.1) is 11.3 Å². The molecule has 7 nitrogen and oxygen atoms in total. The second kappa shape index (κ2) is 12.6. The molecule has 1 aliphatic rings. The Balaban J connectivity index is 1.95. The normalized spacial score (nSPS) is 14.1. The largest absolute Gasteiger partial charge is 0.473 e. The van der Waals surface area contributed by atoms with Crippen molar-refractivity contribution in [2.45, 2.75) is 53.1 Å². The molecule has 1 aromatic carbocycles. The highest BCUT2D eigenvalue weighted by Gasteiger charge is 2.21. The fourth-order valence-electron chi connectivity index (χ4n) is 4.08. The van der Waals surface area contributed by atoms with Crippen molar-refractivity contribution in [1.82, 2.24) is 4.98 Å². The van der Waals surface area contributed by atoms with E-state index in [2.05, 4.69) is 33.9 Å². The zero-order valence-electron chi connectivity index (χ0n) is 23.3. The number of allylic oxidation sites excluding steroid dienone is 3. The molecule has 2 aromatic rings. The third-order valence-electron chi connectivity index (χ3n) is 6.28. The topological polar surface area (TPSA) is 87.5 Å². The summed E-state index contributed by atoms with van der Waals surface area (Å²) in [5, 5.41) is 12.4. The van der Waals surface area contributed by atoms with Gasteiger partial charge >= 0.3 is 0 Å². The molecule has 0 unspecified atom stereocenters. The summed E-state index contributed by atoms with van der Waals surface area (Å²) in [7, 11) is 0. The number of aromatic nitrogens is 1. The van der Waals surface area contributed by atoms with Gasteiger partial charge in [0.05, 0.1) is 30.8 Å². The number of nitrogens with one attached hydrogen (secondary N) is 1. The number of benzene rings is 1. The number of hydrogen-bond donors (Lipinski definition) is 1. The summed E-state index contributed by atoms with van der Waals surface area (Å²) in [6.45, 7) is 18.4. The van der Waals surface area contributed by atoms with Gasteiger partial charge in [-0.15, -0.1) is 0 Å². The number of amides is 1. The van der Waals surface area contributed by atoms with Gasteiger partial charge < -0.3 is 19.7 Å². The molecular weight excluding hydrogens is 476 g/mol. The lowest BCUT2D eigenvalue weighted by atomic mass is 9.86. The summed E-state index contributed by atoms with van der Waals surface area (Å²) in [5.41, 5.74) is 4.91.